The summed E-state index contributed by atoms with van der Waals surface area (Å²) >= 11 is 0. The van der Waals surface area contributed by atoms with Gasteiger partial charge in [-0.25, -0.2) is 0 Å². The van der Waals surface area contributed by atoms with Crippen LogP contribution in [0.2, 0.25) is 18.6 Å². The van der Waals surface area contributed by atoms with Gasteiger partial charge in [0.1, 0.15) is 0 Å². The Morgan fingerprint density at radius 2 is 1.87 bits per heavy atom. The van der Waals surface area contributed by atoms with Crippen molar-refractivity contribution in [1.82, 2.24) is 0 Å². The molecule has 0 saturated heterocycles. The molecule has 0 aliphatic carbocycles. The van der Waals surface area contributed by atoms with Gasteiger partial charge < -0.3 is 5.11 Å². The lowest BCUT2D eigenvalue weighted by molar-refractivity contribution is 0.342. The first kappa shape index (κ1) is 12.2. The summed E-state index contributed by atoms with van der Waals surface area (Å²) in [7, 11) is -1.42. The molecule has 0 radical (unpaired) electrons. The van der Waals surface area contributed by atoms with E-state index in [1.807, 2.05) is 6.08 Å². The quantitative estimate of drug-likeness (QED) is 0.611. The number of aliphatic hydroxyl groups is 1. The highest BCUT2D eigenvalue weighted by Crippen LogP contribution is 2.22. The molecule has 0 bridgehead atoms. The van der Waals surface area contributed by atoms with E-state index < -0.39 is 8.07 Å². The van der Waals surface area contributed by atoms with Crippen molar-refractivity contribution in [2.75, 3.05) is 6.61 Å². The normalized spacial score (nSPS) is 14.4. The van der Waals surface area contributed by atoms with E-state index in [0.717, 1.165) is 0 Å². The zero-order valence-corrected chi connectivity index (χ0v) is 10.8. The van der Waals surface area contributed by atoms with Crippen molar-refractivity contribution in [2.45, 2.75) is 25.6 Å². The van der Waals surface area contributed by atoms with Gasteiger partial charge in [-0.3, -0.25) is 0 Å². The van der Waals surface area contributed by atoms with E-state index in [9.17, 15) is 0 Å². The maximum absolute atomic E-state index is 8.78. The minimum atomic E-state index is -1.42. The molecule has 15 heavy (non-hydrogen) atoms. The van der Waals surface area contributed by atoms with Crippen molar-refractivity contribution in [3.8, 4) is 0 Å². The van der Waals surface area contributed by atoms with Gasteiger partial charge in [0.15, 0.2) is 0 Å². The van der Waals surface area contributed by atoms with Gasteiger partial charge in [-0.2, -0.15) is 0 Å². The van der Waals surface area contributed by atoms with Crippen LogP contribution in [-0.2, 0) is 0 Å². The van der Waals surface area contributed by atoms with Gasteiger partial charge in [0.05, 0.1) is 14.7 Å². The van der Waals surface area contributed by atoms with Gasteiger partial charge >= 0.3 is 0 Å². The average Bonchev–Trinajstić information content (AvgIpc) is 2.27. The lowest BCUT2D eigenvalue weighted by atomic mass is 10.4. The molecule has 1 nitrogen and oxygen atoms in total. The molecule has 1 aromatic carbocycles. The summed E-state index contributed by atoms with van der Waals surface area (Å²) in [6.45, 7) is 7.12. The van der Waals surface area contributed by atoms with Crippen LogP contribution >= 0.6 is 0 Å². The van der Waals surface area contributed by atoms with Gasteiger partial charge in [-0.05, 0) is 5.54 Å². The summed E-state index contributed by atoms with van der Waals surface area (Å²) in [5.74, 6) is 0. The highest BCUT2D eigenvalue weighted by molar-refractivity contribution is 6.91. The average molecular weight is 220 g/mol. The Balaban J connectivity index is 2.87. The van der Waals surface area contributed by atoms with Gasteiger partial charge in [-0.15, -0.1) is 0 Å². The predicted molar refractivity (Wildman–Crippen MR) is 69.2 cm³/mol. The summed E-state index contributed by atoms with van der Waals surface area (Å²) in [4.78, 5) is 0. The number of hydrogen-bond donors (Lipinski definition) is 1. The summed E-state index contributed by atoms with van der Waals surface area (Å²) in [5.41, 5.74) is 0.548. The second-order valence-electron chi connectivity index (χ2n) is 4.49. The monoisotopic (exact) mass is 220 g/mol. The first-order valence-electron chi connectivity index (χ1n) is 5.42. The van der Waals surface area contributed by atoms with Crippen LogP contribution in [0.1, 0.15) is 6.92 Å². The van der Waals surface area contributed by atoms with Crippen molar-refractivity contribution >= 4 is 13.3 Å². The molecule has 0 spiro atoms. The molecule has 2 heteroatoms. The van der Waals surface area contributed by atoms with Gasteiger partial charge in [0.25, 0.3) is 0 Å². The van der Waals surface area contributed by atoms with Crippen LogP contribution in [0.4, 0.5) is 0 Å². The summed E-state index contributed by atoms with van der Waals surface area (Å²) < 4.78 is 0. The molecule has 0 amide bonds. The van der Waals surface area contributed by atoms with Crippen LogP contribution in [-0.4, -0.2) is 19.8 Å². The Morgan fingerprint density at radius 3 is 2.40 bits per heavy atom. The molecule has 0 saturated carbocycles. The molecule has 1 atom stereocenters. The lowest BCUT2D eigenvalue weighted by Gasteiger charge is -2.28. The van der Waals surface area contributed by atoms with E-state index in [0.29, 0.717) is 5.54 Å². The summed E-state index contributed by atoms with van der Waals surface area (Å²) in [6.07, 6.45) is 3.99. The molecule has 1 N–H and O–H groups in total. The summed E-state index contributed by atoms with van der Waals surface area (Å²) in [5, 5.41) is 10.3. The molecule has 0 aromatic heterocycles. The number of benzene rings is 1. The zero-order valence-electron chi connectivity index (χ0n) is 9.77. The highest BCUT2D eigenvalue weighted by Gasteiger charge is 2.28. The van der Waals surface area contributed by atoms with Gasteiger partial charge in [-0.1, -0.05) is 67.7 Å². The number of rotatable bonds is 4. The molecular formula is C13H20OSi. The van der Waals surface area contributed by atoms with Crippen molar-refractivity contribution in [2.24, 2.45) is 0 Å². The smallest absolute Gasteiger partial charge is 0.0871 e. The van der Waals surface area contributed by atoms with E-state index in [-0.39, 0.29) is 6.61 Å². The minimum absolute atomic E-state index is 0.142. The predicted octanol–water partition coefficient (Wildman–Crippen LogP) is 2.54. The molecule has 1 rings (SSSR count). The zero-order chi connectivity index (χ0) is 11.3. The first-order valence-corrected chi connectivity index (χ1v) is 8.50. The van der Waals surface area contributed by atoms with Crippen LogP contribution in [0.3, 0.4) is 0 Å². The highest BCUT2D eigenvalue weighted by atomic mass is 28.3. The third-order valence-corrected chi connectivity index (χ3v) is 7.48. The Hall–Kier alpha value is -0.863. The van der Waals surface area contributed by atoms with Crippen LogP contribution in [0, 0.1) is 0 Å². The maximum atomic E-state index is 8.78. The maximum Gasteiger partial charge on any atom is 0.0871 e. The fraction of sp³-hybridized carbons (Fsp3) is 0.385. The van der Waals surface area contributed by atoms with E-state index in [2.05, 4.69) is 56.4 Å². The Kier molecular flexibility index (Phi) is 4.30. The number of allylic oxidation sites excluding steroid dienone is 1. The fourth-order valence-electron chi connectivity index (χ4n) is 1.64. The third-order valence-electron chi connectivity index (χ3n) is 3.19. The topological polar surface area (TPSA) is 20.2 Å². The van der Waals surface area contributed by atoms with Gasteiger partial charge in [0.2, 0.25) is 0 Å². The van der Waals surface area contributed by atoms with Gasteiger partial charge in [0, 0.05) is 0 Å². The molecule has 1 unspecified atom stereocenters. The summed E-state index contributed by atoms with van der Waals surface area (Å²) in [6, 6.07) is 10.7. The molecule has 0 heterocycles. The standard InChI is InChI=1S/C13H20OSi/c1-12(8-7-11-14)15(2,3)13-9-5-4-6-10-13/h4-10,12,14H,11H2,1-3H3/b8-7-. The van der Waals surface area contributed by atoms with E-state index in [1.165, 1.54) is 5.19 Å². The molecular weight excluding hydrogens is 200 g/mol. The second kappa shape index (κ2) is 5.28. The Morgan fingerprint density at radius 1 is 1.27 bits per heavy atom. The van der Waals surface area contributed by atoms with E-state index in [1.54, 1.807) is 0 Å². The molecule has 0 aliphatic heterocycles. The van der Waals surface area contributed by atoms with Crippen LogP contribution in [0.25, 0.3) is 0 Å². The van der Waals surface area contributed by atoms with Crippen LogP contribution in [0.15, 0.2) is 42.5 Å². The molecule has 82 valence electrons. The minimum Gasteiger partial charge on any atom is -0.392 e. The number of hydrogen-bond acceptors (Lipinski definition) is 1. The van der Waals surface area contributed by atoms with Crippen molar-refractivity contribution < 1.29 is 5.11 Å². The Bertz CT molecular complexity index is 317. The largest absolute Gasteiger partial charge is 0.392 e. The van der Waals surface area contributed by atoms with E-state index in [4.69, 9.17) is 5.11 Å². The van der Waals surface area contributed by atoms with Crippen LogP contribution in [0.5, 0.6) is 0 Å². The molecule has 0 aliphatic rings. The molecule has 0 fully saturated rings. The SMILES string of the molecule is CC(/C=C\CO)[Si](C)(C)c1ccccc1. The first-order chi connectivity index (χ1) is 7.09. The van der Waals surface area contributed by atoms with Crippen LogP contribution < -0.4 is 5.19 Å². The van der Waals surface area contributed by atoms with E-state index >= 15 is 0 Å². The second-order valence-corrected chi connectivity index (χ2v) is 9.42. The van der Waals surface area contributed by atoms with Crippen molar-refractivity contribution in [3.05, 3.63) is 42.5 Å². The molecule has 1 aromatic rings. The number of aliphatic hydroxyl groups excluding tert-OH is 1. The third kappa shape index (κ3) is 3.04. The van der Waals surface area contributed by atoms with Crippen molar-refractivity contribution in [3.63, 3.8) is 0 Å². The van der Waals surface area contributed by atoms with Crippen molar-refractivity contribution in [1.29, 1.82) is 0 Å². The fourth-order valence-corrected chi connectivity index (χ4v) is 3.83. The Labute approximate surface area is 93.5 Å². The lowest BCUT2D eigenvalue weighted by Crippen LogP contribution is -2.44.